The molecule has 4 fully saturated rings. The van der Waals surface area contributed by atoms with Crippen molar-refractivity contribution in [2.24, 2.45) is 34.5 Å². The fourth-order valence-electron chi connectivity index (χ4n) is 7.94. The molecule has 1 aliphatic heterocycles. The first-order valence-corrected chi connectivity index (χ1v) is 16.8. The average molecular weight is 481 g/mol. The molecule has 0 amide bonds. The molecule has 1 N–H and O–H groups in total. The largest absolute Gasteiger partial charge is 0.414 e. The minimum absolute atomic E-state index is 0.121. The van der Waals surface area contributed by atoms with Crippen LogP contribution in [-0.2, 0) is 13.9 Å². The van der Waals surface area contributed by atoms with Crippen LogP contribution in [0.15, 0.2) is 0 Å². The van der Waals surface area contributed by atoms with Crippen LogP contribution < -0.4 is 0 Å². The molecule has 4 aliphatic rings. The summed E-state index contributed by atoms with van der Waals surface area (Å²) in [7, 11) is -1.74. The highest BCUT2D eigenvalue weighted by Gasteiger charge is 2.60. The van der Waals surface area contributed by atoms with Gasteiger partial charge < -0.3 is 19.0 Å². The van der Waals surface area contributed by atoms with Crippen LogP contribution >= 0.6 is 0 Å². The van der Waals surface area contributed by atoms with Crippen LogP contribution in [0.4, 0.5) is 0 Å². The van der Waals surface area contributed by atoms with Gasteiger partial charge in [0.05, 0.1) is 25.9 Å². The van der Waals surface area contributed by atoms with E-state index in [4.69, 9.17) is 13.9 Å². The van der Waals surface area contributed by atoms with Crippen molar-refractivity contribution in [3.8, 4) is 0 Å². The molecule has 4 rings (SSSR count). The van der Waals surface area contributed by atoms with Gasteiger partial charge in [-0.15, -0.1) is 0 Å². The third-order valence-electron chi connectivity index (χ3n) is 11.2. The lowest BCUT2D eigenvalue weighted by Crippen LogP contribution is -2.60. The highest BCUT2D eigenvalue weighted by Crippen LogP contribution is 2.64. The monoisotopic (exact) mass is 480 g/mol. The zero-order valence-electron chi connectivity index (χ0n) is 22.6. The second-order valence-electron chi connectivity index (χ2n) is 14.0. The molecule has 8 atom stereocenters. The van der Waals surface area contributed by atoms with Crippen LogP contribution in [0.3, 0.4) is 0 Å². The van der Waals surface area contributed by atoms with E-state index in [1.165, 1.54) is 32.1 Å². The molecule has 3 aliphatic carbocycles. The number of rotatable bonds is 2. The van der Waals surface area contributed by atoms with Crippen LogP contribution in [0.25, 0.3) is 0 Å². The number of aliphatic hydroxyl groups excluding tert-OH is 1. The van der Waals surface area contributed by atoms with E-state index < -0.39 is 8.32 Å². The number of fused-ring (bicyclic) bond motifs is 5. The number of ether oxygens (including phenoxy) is 2. The summed E-state index contributed by atoms with van der Waals surface area (Å²) in [5.74, 6) is 2.60. The van der Waals surface area contributed by atoms with Gasteiger partial charge in [-0.2, -0.15) is 0 Å². The predicted molar refractivity (Wildman–Crippen MR) is 137 cm³/mol. The molecule has 3 saturated carbocycles. The molecule has 0 spiro atoms. The molecule has 0 aromatic carbocycles. The summed E-state index contributed by atoms with van der Waals surface area (Å²) in [5.41, 5.74) is 0.218. The Bertz CT molecular complexity index is 675. The first-order valence-electron chi connectivity index (χ1n) is 13.9. The van der Waals surface area contributed by atoms with Crippen molar-refractivity contribution in [3.63, 3.8) is 0 Å². The SMILES string of the molecule is CC(C)(C)[Si](C)(C)OC1CC[C@]2(C)C3C[C@H](O)[C@]4(C)COCCOCCCC4C3CC[C@@H]2C1. The Balaban J connectivity index is 1.51. The molecular weight excluding hydrogens is 428 g/mol. The Morgan fingerprint density at radius 2 is 1.61 bits per heavy atom. The minimum Gasteiger partial charge on any atom is -0.414 e. The number of hydrogen-bond acceptors (Lipinski definition) is 4. The average Bonchev–Trinajstić information content (AvgIpc) is 2.72. The molecule has 0 aromatic rings. The molecule has 1 saturated heterocycles. The molecule has 1 heterocycles. The van der Waals surface area contributed by atoms with Crippen LogP contribution in [0.5, 0.6) is 0 Å². The molecule has 0 radical (unpaired) electrons. The van der Waals surface area contributed by atoms with Gasteiger partial charge in [-0.1, -0.05) is 34.6 Å². The smallest absolute Gasteiger partial charge is 0.192 e. The maximum absolute atomic E-state index is 11.6. The zero-order valence-corrected chi connectivity index (χ0v) is 23.6. The summed E-state index contributed by atoms with van der Waals surface area (Å²) in [5, 5.41) is 11.8. The molecule has 5 heteroatoms. The summed E-state index contributed by atoms with van der Waals surface area (Å²) in [4.78, 5) is 0. The van der Waals surface area contributed by atoms with Gasteiger partial charge in [-0.05, 0) is 98.6 Å². The maximum atomic E-state index is 11.6. The van der Waals surface area contributed by atoms with Crippen LogP contribution in [-0.4, -0.2) is 52.1 Å². The topological polar surface area (TPSA) is 47.9 Å². The summed E-state index contributed by atoms with van der Waals surface area (Å²) in [6, 6.07) is 0. The van der Waals surface area contributed by atoms with Crippen molar-refractivity contribution in [2.45, 2.75) is 116 Å². The summed E-state index contributed by atoms with van der Waals surface area (Å²) >= 11 is 0. The molecule has 0 aromatic heterocycles. The third-order valence-corrected chi connectivity index (χ3v) is 15.7. The quantitative estimate of drug-likeness (QED) is 0.463. The Morgan fingerprint density at radius 1 is 0.879 bits per heavy atom. The fourth-order valence-corrected chi connectivity index (χ4v) is 9.34. The lowest BCUT2D eigenvalue weighted by Gasteiger charge is -2.63. The van der Waals surface area contributed by atoms with E-state index in [-0.39, 0.29) is 16.6 Å². The molecule has 4 unspecified atom stereocenters. The first-order chi connectivity index (χ1) is 15.4. The van der Waals surface area contributed by atoms with E-state index in [2.05, 4.69) is 47.7 Å². The molecule has 33 heavy (non-hydrogen) atoms. The van der Waals surface area contributed by atoms with E-state index in [0.29, 0.717) is 49.1 Å². The van der Waals surface area contributed by atoms with E-state index in [0.717, 1.165) is 31.8 Å². The Hall–Kier alpha value is 0.0569. The van der Waals surface area contributed by atoms with Gasteiger partial charge in [0.15, 0.2) is 8.32 Å². The van der Waals surface area contributed by atoms with Gasteiger partial charge in [0.2, 0.25) is 0 Å². The molecule has 192 valence electrons. The second kappa shape index (κ2) is 9.50. The van der Waals surface area contributed by atoms with Gasteiger partial charge in [-0.3, -0.25) is 0 Å². The third kappa shape index (κ3) is 4.88. The normalized spacial score (nSPS) is 45.5. The first kappa shape index (κ1) is 26.1. The van der Waals surface area contributed by atoms with Crippen molar-refractivity contribution in [1.82, 2.24) is 0 Å². The summed E-state index contributed by atoms with van der Waals surface area (Å²) in [6.07, 6.45) is 9.71. The Morgan fingerprint density at radius 3 is 2.33 bits per heavy atom. The van der Waals surface area contributed by atoms with Gasteiger partial charge in [0.25, 0.3) is 0 Å². The zero-order chi connectivity index (χ0) is 24.1. The van der Waals surface area contributed by atoms with Crippen molar-refractivity contribution in [3.05, 3.63) is 0 Å². The van der Waals surface area contributed by atoms with Crippen LogP contribution in [0.1, 0.15) is 86.0 Å². The number of aliphatic hydroxyl groups is 1. The van der Waals surface area contributed by atoms with Crippen LogP contribution in [0, 0.1) is 34.5 Å². The summed E-state index contributed by atoms with van der Waals surface area (Å²) in [6.45, 7) is 19.6. The van der Waals surface area contributed by atoms with E-state index in [1.807, 2.05) is 0 Å². The standard InChI is InChI=1S/C28H52O4Si/c1-26(2,3)33(6,7)32-21-12-13-27(4)20(17-21)10-11-22-23-9-8-14-30-15-16-31-19-28(23,5)25(29)18-24(22)27/h20-25,29H,8-19H2,1-7H3/t20-,21?,22?,23?,24?,25+,27+,28-/m1/s1. The Labute approximate surface area is 204 Å². The number of hydrogen-bond donors (Lipinski definition) is 1. The highest BCUT2D eigenvalue weighted by atomic mass is 28.4. The molecular formula is C28H52O4Si. The molecule has 0 bridgehead atoms. The molecule has 4 nitrogen and oxygen atoms in total. The van der Waals surface area contributed by atoms with Crippen molar-refractivity contribution >= 4 is 8.32 Å². The Kier molecular flexibility index (Phi) is 7.52. The van der Waals surface area contributed by atoms with Crippen molar-refractivity contribution in [1.29, 1.82) is 0 Å². The van der Waals surface area contributed by atoms with Crippen molar-refractivity contribution in [2.75, 3.05) is 26.4 Å². The minimum atomic E-state index is -1.74. The van der Waals surface area contributed by atoms with Crippen molar-refractivity contribution < 1.29 is 19.0 Å². The van der Waals surface area contributed by atoms with Crippen LogP contribution in [0.2, 0.25) is 18.1 Å². The van der Waals surface area contributed by atoms with Gasteiger partial charge in [0.1, 0.15) is 0 Å². The van der Waals surface area contributed by atoms with E-state index in [9.17, 15) is 5.11 Å². The van der Waals surface area contributed by atoms with Gasteiger partial charge >= 0.3 is 0 Å². The predicted octanol–water partition coefficient (Wildman–Crippen LogP) is 6.42. The van der Waals surface area contributed by atoms with E-state index in [1.54, 1.807) is 0 Å². The lowest BCUT2D eigenvalue weighted by atomic mass is 9.44. The van der Waals surface area contributed by atoms with E-state index >= 15 is 0 Å². The second-order valence-corrected chi connectivity index (χ2v) is 18.8. The fraction of sp³-hybridized carbons (Fsp3) is 1.00. The summed E-state index contributed by atoms with van der Waals surface area (Å²) < 4.78 is 18.7. The van der Waals surface area contributed by atoms with Gasteiger partial charge in [0, 0.05) is 18.1 Å². The maximum Gasteiger partial charge on any atom is 0.192 e. The lowest BCUT2D eigenvalue weighted by molar-refractivity contribution is -0.191. The van der Waals surface area contributed by atoms with Gasteiger partial charge in [-0.25, -0.2) is 0 Å². The highest BCUT2D eigenvalue weighted by molar-refractivity contribution is 6.74.